The first kappa shape index (κ1) is 15.4. The zero-order valence-corrected chi connectivity index (χ0v) is 13.1. The first-order chi connectivity index (χ1) is 10.8. The standard InChI is InChI=1S/C14H24N6O2/c1-2-5-20-13(15-16-17-20)11-18-6-8-19(9-7-18)14(21)12-4-3-10-22-12/h12H,2-11H2,1H3. The zero-order valence-electron chi connectivity index (χ0n) is 13.1. The van der Waals surface area contributed by atoms with Gasteiger partial charge in [0.1, 0.15) is 6.10 Å². The van der Waals surface area contributed by atoms with Crippen LogP contribution in [0.1, 0.15) is 32.0 Å². The predicted molar refractivity (Wildman–Crippen MR) is 78.9 cm³/mol. The van der Waals surface area contributed by atoms with Gasteiger partial charge in [-0.05, 0) is 29.7 Å². The summed E-state index contributed by atoms with van der Waals surface area (Å²) in [6.45, 7) is 7.66. The fraction of sp³-hybridized carbons (Fsp3) is 0.857. The highest BCUT2D eigenvalue weighted by Crippen LogP contribution is 2.16. The molecular weight excluding hydrogens is 284 g/mol. The fourth-order valence-corrected chi connectivity index (χ4v) is 3.02. The molecule has 0 saturated carbocycles. The molecule has 0 bridgehead atoms. The van der Waals surface area contributed by atoms with Gasteiger partial charge in [-0.15, -0.1) is 5.10 Å². The van der Waals surface area contributed by atoms with Crippen LogP contribution in [0.3, 0.4) is 0 Å². The van der Waals surface area contributed by atoms with E-state index in [4.69, 9.17) is 4.74 Å². The van der Waals surface area contributed by atoms with Crippen LogP contribution in [-0.4, -0.2) is 74.8 Å². The molecule has 2 aliphatic heterocycles. The fourth-order valence-electron chi connectivity index (χ4n) is 3.02. The third-order valence-corrected chi connectivity index (χ3v) is 4.30. The van der Waals surface area contributed by atoms with Crippen molar-refractivity contribution in [3.8, 4) is 0 Å². The first-order valence-corrected chi connectivity index (χ1v) is 8.15. The largest absolute Gasteiger partial charge is 0.368 e. The van der Waals surface area contributed by atoms with Gasteiger partial charge < -0.3 is 9.64 Å². The number of amides is 1. The molecule has 0 spiro atoms. The monoisotopic (exact) mass is 308 g/mol. The number of hydrogen-bond donors (Lipinski definition) is 0. The van der Waals surface area contributed by atoms with Crippen molar-refractivity contribution < 1.29 is 9.53 Å². The van der Waals surface area contributed by atoms with Gasteiger partial charge in [0.15, 0.2) is 5.82 Å². The van der Waals surface area contributed by atoms with Gasteiger partial charge in [-0.2, -0.15) is 0 Å². The van der Waals surface area contributed by atoms with Crippen LogP contribution in [0.4, 0.5) is 0 Å². The Balaban J connectivity index is 1.49. The van der Waals surface area contributed by atoms with Crippen LogP contribution in [0, 0.1) is 0 Å². The number of hydrogen-bond acceptors (Lipinski definition) is 6. The van der Waals surface area contributed by atoms with E-state index in [1.165, 1.54) is 0 Å². The maximum Gasteiger partial charge on any atom is 0.251 e. The number of aromatic nitrogens is 4. The van der Waals surface area contributed by atoms with Gasteiger partial charge in [0.2, 0.25) is 0 Å². The van der Waals surface area contributed by atoms with Crippen molar-refractivity contribution in [2.75, 3.05) is 32.8 Å². The molecule has 1 atom stereocenters. The minimum Gasteiger partial charge on any atom is -0.368 e. The van der Waals surface area contributed by atoms with Crippen molar-refractivity contribution in [2.45, 2.75) is 45.4 Å². The van der Waals surface area contributed by atoms with Crippen LogP contribution in [0.25, 0.3) is 0 Å². The Morgan fingerprint density at radius 1 is 1.32 bits per heavy atom. The minimum atomic E-state index is -0.205. The Labute approximate surface area is 130 Å². The molecule has 2 aliphatic rings. The van der Waals surface area contributed by atoms with Crippen LogP contribution in [-0.2, 0) is 22.6 Å². The number of carbonyl (C=O) groups is 1. The second-order valence-electron chi connectivity index (χ2n) is 5.92. The summed E-state index contributed by atoms with van der Waals surface area (Å²) in [7, 11) is 0. The molecule has 8 nitrogen and oxygen atoms in total. The summed E-state index contributed by atoms with van der Waals surface area (Å²) < 4.78 is 7.35. The normalized spacial score (nSPS) is 23.1. The maximum atomic E-state index is 12.3. The van der Waals surface area contributed by atoms with Crippen molar-refractivity contribution in [2.24, 2.45) is 0 Å². The van der Waals surface area contributed by atoms with Gasteiger partial charge in [-0.3, -0.25) is 9.69 Å². The Morgan fingerprint density at radius 3 is 2.82 bits per heavy atom. The second-order valence-corrected chi connectivity index (χ2v) is 5.92. The molecule has 8 heteroatoms. The van der Waals surface area contributed by atoms with Gasteiger partial charge in [0.05, 0.1) is 6.54 Å². The SMILES string of the molecule is CCCn1nnnc1CN1CCN(C(=O)C2CCCO2)CC1. The molecule has 0 radical (unpaired) electrons. The Kier molecular flexibility index (Phi) is 4.99. The molecule has 2 fully saturated rings. The first-order valence-electron chi connectivity index (χ1n) is 8.15. The van der Waals surface area contributed by atoms with E-state index < -0.39 is 0 Å². The molecule has 2 saturated heterocycles. The number of aryl methyl sites for hydroxylation is 1. The average Bonchev–Trinajstić information content (AvgIpc) is 3.20. The number of piperazine rings is 1. The molecule has 1 amide bonds. The van der Waals surface area contributed by atoms with Gasteiger partial charge >= 0.3 is 0 Å². The highest BCUT2D eigenvalue weighted by Gasteiger charge is 2.30. The van der Waals surface area contributed by atoms with Gasteiger partial charge in [-0.1, -0.05) is 6.92 Å². The summed E-state index contributed by atoms with van der Waals surface area (Å²) >= 11 is 0. The van der Waals surface area contributed by atoms with Crippen molar-refractivity contribution in [3.05, 3.63) is 5.82 Å². The quantitative estimate of drug-likeness (QED) is 0.756. The summed E-state index contributed by atoms with van der Waals surface area (Å²) in [6, 6.07) is 0. The lowest BCUT2D eigenvalue weighted by atomic mass is 10.2. The minimum absolute atomic E-state index is 0.160. The number of carbonyl (C=O) groups excluding carboxylic acids is 1. The molecule has 0 N–H and O–H groups in total. The van der Waals surface area contributed by atoms with Crippen LogP contribution >= 0.6 is 0 Å². The summed E-state index contributed by atoms with van der Waals surface area (Å²) in [5, 5.41) is 11.9. The summed E-state index contributed by atoms with van der Waals surface area (Å²) in [4.78, 5) is 16.5. The molecule has 1 unspecified atom stereocenters. The van der Waals surface area contributed by atoms with Crippen LogP contribution in [0.15, 0.2) is 0 Å². The van der Waals surface area contributed by atoms with E-state index in [2.05, 4.69) is 27.3 Å². The number of rotatable bonds is 5. The lowest BCUT2D eigenvalue weighted by molar-refractivity contribution is -0.142. The molecule has 1 aromatic rings. The molecule has 22 heavy (non-hydrogen) atoms. The van der Waals surface area contributed by atoms with Gasteiger partial charge in [0.25, 0.3) is 5.91 Å². The average molecular weight is 308 g/mol. The van der Waals surface area contributed by atoms with Crippen molar-refractivity contribution in [1.82, 2.24) is 30.0 Å². The molecule has 0 aliphatic carbocycles. The summed E-state index contributed by atoms with van der Waals surface area (Å²) in [5.41, 5.74) is 0. The molecule has 122 valence electrons. The van der Waals surface area contributed by atoms with Crippen molar-refractivity contribution in [3.63, 3.8) is 0 Å². The third kappa shape index (κ3) is 3.44. The van der Waals surface area contributed by atoms with E-state index in [0.717, 1.165) is 71.0 Å². The van der Waals surface area contributed by atoms with E-state index in [1.807, 2.05) is 9.58 Å². The molecule has 0 aromatic carbocycles. The van der Waals surface area contributed by atoms with Gasteiger partial charge in [-0.25, -0.2) is 4.68 Å². The van der Waals surface area contributed by atoms with E-state index in [9.17, 15) is 4.79 Å². The summed E-state index contributed by atoms with van der Waals surface area (Å²) in [6.07, 6.45) is 2.67. The lowest BCUT2D eigenvalue weighted by Gasteiger charge is -2.35. The van der Waals surface area contributed by atoms with E-state index in [1.54, 1.807) is 0 Å². The number of tetrazole rings is 1. The number of nitrogens with zero attached hydrogens (tertiary/aromatic N) is 6. The maximum absolute atomic E-state index is 12.3. The Bertz CT molecular complexity index is 491. The highest BCUT2D eigenvalue weighted by atomic mass is 16.5. The van der Waals surface area contributed by atoms with Gasteiger partial charge in [0, 0.05) is 39.3 Å². The Hall–Kier alpha value is -1.54. The molecule has 1 aromatic heterocycles. The number of ether oxygens (including phenoxy) is 1. The Morgan fingerprint density at radius 2 is 2.14 bits per heavy atom. The van der Waals surface area contributed by atoms with Crippen molar-refractivity contribution in [1.29, 1.82) is 0 Å². The van der Waals surface area contributed by atoms with Crippen LogP contribution < -0.4 is 0 Å². The van der Waals surface area contributed by atoms with Crippen LogP contribution in [0.2, 0.25) is 0 Å². The lowest BCUT2D eigenvalue weighted by Crippen LogP contribution is -2.51. The zero-order chi connectivity index (χ0) is 15.4. The molecule has 3 rings (SSSR count). The van der Waals surface area contributed by atoms with E-state index in [-0.39, 0.29) is 12.0 Å². The molecule has 3 heterocycles. The topological polar surface area (TPSA) is 76.4 Å². The highest BCUT2D eigenvalue weighted by molar-refractivity contribution is 5.81. The van der Waals surface area contributed by atoms with E-state index in [0.29, 0.717) is 0 Å². The second kappa shape index (κ2) is 7.15. The van der Waals surface area contributed by atoms with Crippen molar-refractivity contribution >= 4 is 5.91 Å². The van der Waals surface area contributed by atoms with Crippen LogP contribution in [0.5, 0.6) is 0 Å². The third-order valence-electron chi connectivity index (χ3n) is 4.30. The smallest absolute Gasteiger partial charge is 0.251 e. The van der Waals surface area contributed by atoms with E-state index >= 15 is 0 Å². The summed E-state index contributed by atoms with van der Waals surface area (Å²) in [5.74, 6) is 1.06. The predicted octanol–water partition coefficient (Wildman–Crippen LogP) is -0.0937. The molecular formula is C14H24N6O2.